The first-order valence-corrected chi connectivity index (χ1v) is 10.1. The molecule has 0 radical (unpaired) electrons. The first kappa shape index (κ1) is 22.6. The van der Waals surface area contributed by atoms with E-state index in [-0.39, 0.29) is 5.82 Å². The molecule has 1 fully saturated rings. The van der Waals surface area contributed by atoms with Crippen LogP contribution in [0.1, 0.15) is 30.4 Å². The molecule has 1 aliphatic heterocycles. The molecule has 28 heavy (non-hydrogen) atoms. The van der Waals surface area contributed by atoms with Crippen molar-refractivity contribution in [2.24, 2.45) is 4.99 Å². The number of nitrogens with one attached hydrogen (secondary N) is 2. The van der Waals surface area contributed by atoms with E-state index in [2.05, 4.69) is 20.5 Å². The van der Waals surface area contributed by atoms with Gasteiger partial charge in [0.1, 0.15) is 5.82 Å². The van der Waals surface area contributed by atoms with Crippen LogP contribution in [0.5, 0.6) is 0 Å². The maximum atomic E-state index is 13.9. The van der Waals surface area contributed by atoms with E-state index in [1.807, 2.05) is 31.1 Å². The zero-order chi connectivity index (χ0) is 20.4. The lowest BCUT2D eigenvalue weighted by Crippen LogP contribution is -2.48. The third-order valence-electron chi connectivity index (χ3n) is 5.03. The molecule has 0 aliphatic carbocycles. The topological polar surface area (TPSA) is 52.1 Å². The predicted octanol–water partition coefficient (Wildman–Crippen LogP) is 2.05. The Kier molecular flexibility index (Phi) is 9.67. The Morgan fingerprint density at radius 1 is 1.32 bits per heavy atom. The highest BCUT2D eigenvalue weighted by atomic mass is 19.1. The van der Waals surface area contributed by atoms with E-state index in [0.29, 0.717) is 24.7 Å². The third kappa shape index (κ3) is 7.73. The highest BCUT2D eigenvalue weighted by Gasteiger charge is 2.19. The maximum absolute atomic E-state index is 13.9. The summed E-state index contributed by atoms with van der Waals surface area (Å²) in [5, 5.41) is 6.89. The highest BCUT2D eigenvalue weighted by molar-refractivity contribution is 5.79. The van der Waals surface area contributed by atoms with E-state index in [1.165, 1.54) is 0 Å². The summed E-state index contributed by atoms with van der Waals surface area (Å²) in [5.74, 6) is 0.647. The fourth-order valence-electron chi connectivity index (χ4n) is 3.51. The Morgan fingerprint density at radius 3 is 2.71 bits per heavy atom. The molecule has 2 N–H and O–H groups in total. The number of rotatable bonds is 9. The fraction of sp³-hybridized carbons (Fsp3) is 0.667. The van der Waals surface area contributed by atoms with Gasteiger partial charge in [0.15, 0.2) is 5.96 Å². The van der Waals surface area contributed by atoms with Crippen molar-refractivity contribution < 1.29 is 9.13 Å². The summed E-state index contributed by atoms with van der Waals surface area (Å²) < 4.78 is 19.1. The standard InChI is InChI=1S/C21H36FN5O/c1-23-21(25-19-8-11-27(12-9-19)10-5-13-28-4)24-15-17-6-7-20(22)18(14-17)16-26(2)3/h6-7,14,19H,5,8-13,15-16H2,1-4H3,(H2,23,24,25). The number of likely N-dealkylation sites (tertiary alicyclic amines) is 1. The normalized spacial score (nSPS) is 16.6. The first-order valence-electron chi connectivity index (χ1n) is 10.1. The van der Waals surface area contributed by atoms with Gasteiger partial charge in [-0.05, 0) is 51.1 Å². The largest absolute Gasteiger partial charge is 0.385 e. The lowest BCUT2D eigenvalue weighted by molar-refractivity contribution is 0.155. The van der Waals surface area contributed by atoms with Gasteiger partial charge < -0.3 is 25.2 Å². The Hall–Kier alpha value is -1.70. The first-order chi connectivity index (χ1) is 13.5. The van der Waals surface area contributed by atoms with Gasteiger partial charge in [-0.25, -0.2) is 4.39 Å². The molecular formula is C21H36FN5O. The van der Waals surface area contributed by atoms with Crippen LogP contribution in [0.15, 0.2) is 23.2 Å². The number of hydrogen-bond donors (Lipinski definition) is 2. The van der Waals surface area contributed by atoms with E-state index in [9.17, 15) is 4.39 Å². The number of halogens is 1. The van der Waals surface area contributed by atoms with Gasteiger partial charge in [-0.2, -0.15) is 0 Å². The predicted molar refractivity (Wildman–Crippen MR) is 113 cm³/mol. The third-order valence-corrected chi connectivity index (χ3v) is 5.03. The summed E-state index contributed by atoms with van der Waals surface area (Å²) >= 11 is 0. The van der Waals surface area contributed by atoms with Gasteiger partial charge in [-0.3, -0.25) is 4.99 Å². The van der Waals surface area contributed by atoms with Crippen LogP contribution in [0.2, 0.25) is 0 Å². The van der Waals surface area contributed by atoms with Crippen molar-refractivity contribution in [2.75, 3.05) is 54.5 Å². The van der Waals surface area contributed by atoms with Crippen molar-refractivity contribution in [1.29, 1.82) is 0 Å². The highest BCUT2D eigenvalue weighted by Crippen LogP contribution is 2.13. The van der Waals surface area contributed by atoms with Crippen LogP contribution in [0.4, 0.5) is 4.39 Å². The SMILES string of the molecule is CN=C(NCc1ccc(F)c(CN(C)C)c1)NC1CCN(CCCOC)CC1. The van der Waals surface area contributed by atoms with Gasteiger partial charge in [0.25, 0.3) is 0 Å². The summed E-state index contributed by atoms with van der Waals surface area (Å²) in [6, 6.07) is 5.73. The van der Waals surface area contributed by atoms with Crippen LogP contribution in [-0.2, 0) is 17.8 Å². The van der Waals surface area contributed by atoms with Crippen molar-refractivity contribution in [1.82, 2.24) is 20.4 Å². The van der Waals surface area contributed by atoms with Crippen molar-refractivity contribution in [3.8, 4) is 0 Å². The fourth-order valence-corrected chi connectivity index (χ4v) is 3.51. The second kappa shape index (κ2) is 12.0. The molecule has 158 valence electrons. The molecule has 2 rings (SSSR count). The lowest BCUT2D eigenvalue weighted by Gasteiger charge is -2.33. The van der Waals surface area contributed by atoms with Gasteiger partial charge in [-0.1, -0.05) is 6.07 Å². The van der Waals surface area contributed by atoms with E-state index in [4.69, 9.17) is 4.74 Å². The molecule has 0 spiro atoms. The molecule has 1 aliphatic rings. The minimum Gasteiger partial charge on any atom is -0.385 e. The van der Waals surface area contributed by atoms with Crippen molar-refractivity contribution >= 4 is 5.96 Å². The minimum atomic E-state index is -0.155. The zero-order valence-electron chi connectivity index (χ0n) is 17.8. The molecule has 7 heteroatoms. The maximum Gasteiger partial charge on any atom is 0.191 e. The number of piperidine rings is 1. The van der Waals surface area contributed by atoms with Gasteiger partial charge in [0, 0.05) is 65.1 Å². The molecule has 1 heterocycles. The second-order valence-corrected chi connectivity index (χ2v) is 7.70. The molecule has 1 aromatic rings. The number of nitrogens with zero attached hydrogens (tertiary/aromatic N) is 3. The molecule has 0 bridgehead atoms. The van der Waals surface area contributed by atoms with Gasteiger partial charge >= 0.3 is 0 Å². The van der Waals surface area contributed by atoms with Crippen LogP contribution >= 0.6 is 0 Å². The average Bonchev–Trinajstić information content (AvgIpc) is 2.68. The summed E-state index contributed by atoms with van der Waals surface area (Å²) in [5.41, 5.74) is 1.77. The van der Waals surface area contributed by atoms with Crippen LogP contribution < -0.4 is 10.6 Å². The quantitative estimate of drug-likeness (QED) is 0.382. The van der Waals surface area contributed by atoms with E-state index >= 15 is 0 Å². The Labute approximate surface area is 169 Å². The lowest BCUT2D eigenvalue weighted by atomic mass is 10.1. The van der Waals surface area contributed by atoms with Crippen LogP contribution in [0.25, 0.3) is 0 Å². The van der Waals surface area contributed by atoms with Crippen LogP contribution in [0, 0.1) is 5.82 Å². The molecule has 6 nitrogen and oxygen atoms in total. The Balaban J connectivity index is 1.78. The molecule has 1 aromatic carbocycles. The van der Waals surface area contributed by atoms with E-state index < -0.39 is 0 Å². The van der Waals surface area contributed by atoms with Crippen LogP contribution in [0.3, 0.4) is 0 Å². The summed E-state index contributed by atoms with van der Waals surface area (Å²) in [4.78, 5) is 8.82. The van der Waals surface area contributed by atoms with Crippen LogP contribution in [-0.4, -0.2) is 76.3 Å². The zero-order valence-corrected chi connectivity index (χ0v) is 17.8. The number of hydrogen-bond acceptors (Lipinski definition) is 4. The molecule has 1 saturated heterocycles. The van der Waals surface area contributed by atoms with Gasteiger partial charge in [0.05, 0.1) is 0 Å². The van der Waals surface area contributed by atoms with Crippen molar-refractivity contribution in [3.63, 3.8) is 0 Å². The molecule has 0 amide bonds. The molecular weight excluding hydrogens is 357 g/mol. The summed E-state index contributed by atoms with van der Waals surface area (Å²) in [7, 11) is 7.43. The van der Waals surface area contributed by atoms with Crippen molar-refractivity contribution in [2.45, 2.75) is 38.4 Å². The number of methoxy groups -OCH3 is 1. The smallest absolute Gasteiger partial charge is 0.191 e. The number of benzene rings is 1. The molecule has 0 saturated carbocycles. The molecule has 0 atom stereocenters. The number of ether oxygens (including phenoxy) is 1. The minimum absolute atomic E-state index is 0.155. The Morgan fingerprint density at radius 2 is 2.07 bits per heavy atom. The number of aliphatic imine (C=N–C) groups is 1. The summed E-state index contributed by atoms with van der Waals surface area (Å²) in [6.45, 7) is 5.35. The number of guanidine groups is 1. The second-order valence-electron chi connectivity index (χ2n) is 7.70. The van der Waals surface area contributed by atoms with Gasteiger partial charge in [-0.15, -0.1) is 0 Å². The monoisotopic (exact) mass is 393 g/mol. The molecule has 0 unspecified atom stereocenters. The van der Waals surface area contributed by atoms with Gasteiger partial charge in [0.2, 0.25) is 0 Å². The van der Waals surface area contributed by atoms with Crippen molar-refractivity contribution in [3.05, 3.63) is 35.1 Å². The molecule has 0 aromatic heterocycles. The Bertz CT molecular complexity index is 615. The van der Waals surface area contributed by atoms with E-state index in [0.717, 1.165) is 57.0 Å². The van der Waals surface area contributed by atoms with E-state index in [1.54, 1.807) is 20.2 Å². The average molecular weight is 394 g/mol. The summed E-state index contributed by atoms with van der Waals surface area (Å²) in [6.07, 6.45) is 3.31.